The average molecular weight is 371 g/mol. The van der Waals surface area contributed by atoms with Crippen LogP contribution in [0.4, 0.5) is 13.2 Å². The van der Waals surface area contributed by atoms with Gasteiger partial charge in [0.1, 0.15) is 18.1 Å². The number of hydrogen-bond acceptors (Lipinski definition) is 5. The van der Waals surface area contributed by atoms with Gasteiger partial charge in [-0.25, -0.2) is 4.98 Å². The van der Waals surface area contributed by atoms with E-state index in [1.807, 2.05) is 13.8 Å². The summed E-state index contributed by atoms with van der Waals surface area (Å²) in [5.41, 5.74) is -0.827. The topological polar surface area (TPSA) is 49.8 Å². The van der Waals surface area contributed by atoms with Crippen molar-refractivity contribution >= 4 is 0 Å². The number of alkyl halides is 3. The van der Waals surface area contributed by atoms with Gasteiger partial charge in [-0.15, -0.1) is 0 Å². The summed E-state index contributed by atoms with van der Waals surface area (Å²) >= 11 is 0. The van der Waals surface area contributed by atoms with Crippen molar-refractivity contribution < 1.29 is 32.1 Å². The lowest BCUT2D eigenvalue weighted by Crippen LogP contribution is -2.25. The van der Waals surface area contributed by atoms with E-state index >= 15 is 0 Å². The van der Waals surface area contributed by atoms with Crippen LogP contribution in [0.2, 0.25) is 0 Å². The van der Waals surface area contributed by atoms with E-state index in [2.05, 4.69) is 4.98 Å². The second kappa shape index (κ2) is 9.40. The highest BCUT2D eigenvalue weighted by atomic mass is 19.4. The molecule has 0 atom stereocenters. The molecule has 0 fully saturated rings. The molecule has 0 saturated heterocycles. The smallest absolute Gasteiger partial charge is 0.417 e. The molecule has 0 bridgehead atoms. The van der Waals surface area contributed by atoms with E-state index < -0.39 is 18.0 Å². The number of aromatic nitrogens is 1. The Bertz CT molecular complexity index is 654. The second-order valence-corrected chi connectivity index (χ2v) is 5.11. The summed E-state index contributed by atoms with van der Waals surface area (Å²) in [6, 6.07) is 8.70. The summed E-state index contributed by atoms with van der Waals surface area (Å²) in [4.78, 5) is 3.66. The number of benzene rings is 1. The molecule has 0 N–H and O–H groups in total. The van der Waals surface area contributed by atoms with E-state index in [-0.39, 0.29) is 12.5 Å². The molecule has 0 saturated carbocycles. The van der Waals surface area contributed by atoms with Gasteiger partial charge in [-0.2, -0.15) is 13.2 Å². The first kappa shape index (κ1) is 20.0. The van der Waals surface area contributed by atoms with Crippen molar-refractivity contribution in [3.8, 4) is 17.4 Å². The van der Waals surface area contributed by atoms with Gasteiger partial charge < -0.3 is 18.9 Å². The molecule has 2 aromatic rings. The molecule has 5 nitrogen and oxygen atoms in total. The van der Waals surface area contributed by atoms with Crippen molar-refractivity contribution in [3.63, 3.8) is 0 Å². The molecule has 26 heavy (non-hydrogen) atoms. The van der Waals surface area contributed by atoms with E-state index in [0.29, 0.717) is 24.7 Å². The minimum absolute atomic E-state index is 0.0689. The Balaban J connectivity index is 1.90. The van der Waals surface area contributed by atoms with Crippen molar-refractivity contribution in [1.29, 1.82) is 0 Å². The molecule has 0 aliphatic heterocycles. The monoisotopic (exact) mass is 371 g/mol. The van der Waals surface area contributed by atoms with Gasteiger partial charge in [0.25, 0.3) is 0 Å². The predicted molar refractivity (Wildman–Crippen MR) is 88.3 cm³/mol. The van der Waals surface area contributed by atoms with Gasteiger partial charge in [0.05, 0.1) is 5.56 Å². The van der Waals surface area contributed by atoms with E-state index in [4.69, 9.17) is 18.9 Å². The molecule has 1 aromatic carbocycles. The van der Waals surface area contributed by atoms with Gasteiger partial charge in [-0.1, -0.05) is 0 Å². The largest absolute Gasteiger partial charge is 0.488 e. The van der Waals surface area contributed by atoms with Gasteiger partial charge >= 0.3 is 6.18 Å². The maximum Gasteiger partial charge on any atom is 0.417 e. The standard InChI is InChI=1S/C18H20F3NO4/c1-3-23-17(24-4-2)12-25-14-6-8-15(9-7-14)26-16-10-5-13(11-22-16)18(19,20)21/h5-11,17H,3-4,12H2,1-2H3. The normalized spacial score (nSPS) is 11.6. The third-order valence-corrected chi connectivity index (χ3v) is 3.20. The zero-order chi connectivity index (χ0) is 19.0. The quantitative estimate of drug-likeness (QED) is 0.600. The zero-order valence-corrected chi connectivity index (χ0v) is 14.5. The number of pyridine rings is 1. The van der Waals surface area contributed by atoms with Crippen LogP contribution in [0, 0.1) is 0 Å². The second-order valence-electron chi connectivity index (χ2n) is 5.11. The number of halogens is 3. The van der Waals surface area contributed by atoms with Crippen LogP contribution in [0.25, 0.3) is 0 Å². The summed E-state index contributed by atoms with van der Waals surface area (Å²) in [6.07, 6.45) is -4.14. The lowest BCUT2D eigenvalue weighted by atomic mass is 10.3. The van der Waals surface area contributed by atoms with E-state index in [0.717, 1.165) is 12.3 Å². The Morgan fingerprint density at radius 1 is 0.923 bits per heavy atom. The molecule has 1 heterocycles. The van der Waals surface area contributed by atoms with Crippen LogP contribution < -0.4 is 9.47 Å². The third kappa shape index (κ3) is 6.20. The molecule has 0 unspecified atom stereocenters. The van der Waals surface area contributed by atoms with Crippen LogP contribution in [0.1, 0.15) is 19.4 Å². The molecule has 0 amide bonds. The molecule has 1 aromatic heterocycles. The molecule has 0 radical (unpaired) electrons. The Labute approximate surface area is 149 Å². The minimum Gasteiger partial charge on any atom is -0.488 e. The Morgan fingerprint density at radius 3 is 2.04 bits per heavy atom. The third-order valence-electron chi connectivity index (χ3n) is 3.20. The number of rotatable bonds is 9. The maximum absolute atomic E-state index is 12.5. The van der Waals surface area contributed by atoms with Crippen LogP contribution in [0.3, 0.4) is 0 Å². The molecular weight excluding hydrogens is 351 g/mol. The number of nitrogens with zero attached hydrogens (tertiary/aromatic N) is 1. The van der Waals surface area contributed by atoms with Crippen LogP contribution in [-0.2, 0) is 15.7 Å². The first-order valence-corrected chi connectivity index (χ1v) is 8.09. The average Bonchev–Trinajstić information content (AvgIpc) is 2.61. The van der Waals surface area contributed by atoms with Gasteiger partial charge in [-0.05, 0) is 44.2 Å². The highest BCUT2D eigenvalue weighted by Crippen LogP contribution is 2.30. The fraction of sp³-hybridized carbons (Fsp3) is 0.389. The van der Waals surface area contributed by atoms with Crippen molar-refractivity contribution in [2.24, 2.45) is 0 Å². The highest BCUT2D eigenvalue weighted by Gasteiger charge is 2.30. The number of ether oxygens (including phenoxy) is 4. The van der Waals surface area contributed by atoms with Crippen molar-refractivity contribution in [2.45, 2.75) is 26.3 Å². The fourth-order valence-corrected chi connectivity index (χ4v) is 2.01. The highest BCUT2D eigenvalue weighted by molar-refractivity contribution is 5.34. The van der Waals surface area contributed by atoms with E-state index in [1.54, 1.807) is 24.3 Å². The molecule has 0 aliphatic carbocycles. The summed E-state index contributed by atoms with van der Waals surface area (Å²) in [6.45, 7) is 5.01. The first-order valence-electron chi connectivity index (χ1n) is 8.09. The molecule has 0 aliphatic rings. The lowest BCUT2D eigenvalue weighted by molar-refractivity contribution is -0.152. The summed E-state index contributed by atoms with van der Waals surface area (Å²) in [5.74, 6) is 1.08. The Morgan fingerprint density at radius 2 is 1.54 bits per heavy atom. The van der Waals surface area contributed by atoms with Crippen molar-refractivity contribution in [2.75, 3.05) is 19.8 Å². The van der Waals surface area contributed by atoms with Gasteiger partial charge in [0.15, 0.2) is 6.29 Å². The van der Waals surface area contributed by atoms with Gasteiger partial charge in [0.2, 0.25) is 5.88 Å². The molecule has 142 valence electrons. The predicted octanol–water partition coefficient (Wildman–Crippen LogP) is 4.67. The summed E-state index contributed by atoms with van der Waals surface area (Å²) in [5, 5.41) is 0. The first-order chi connectivity index (χ1) is 12.4. The molecule has 2 rings (SSSR count). The SMILES string of the molecule is CCOC(COc1ccc(Oc2ccc(C(F)(F)F)cn2)cc1)OCC. The van der Waals surface area contributed by atoms with Gasteiger partial charge in [0, 0.05) is 25.5 Å². The summed E-state index contributed by atoms with van der Waals surface area (Å²) in [7, 11) is 0. The fourth-order valence-electron chi connectivity index (χ4n) is 2.01. The molecular formula is C18H20F3NO4. The van der Waals surface area contributed by atoms with E-state index in [1.165, 1.54) is 6.07 Å². The van der Waals surface area contributed by atoms with Crippen LogP contribution >= 0.6 is 0 Å². The zero-order valence-electron chi connectivity index (χ0n) is 14.5. The maximum atomic E-state index is 12.5. The summed E-state index contributed by atoms with van der Waals surface area (Å²) < 4.78 is 59.3. The Hall–Kier alpha value is -2.32. The molecule has 0 spiro atoms. The van der Waals surface area contributed by atoms with Crippen LogP contribution in [0.5, 0.6) is 17.4 Å². The van der Waals surface area contributed by atoms with Gasteiger partial charge in [-0.3, -0.25) is 0 Å². The van der Waals surface area contributed by atoms with E-state index in [9.17, 15) is 13.2 Å². The van der Waals surface area contributed by atoms with Crippen molar-refractivity contribution in [1.82, 2.24) is 4.98 Å². The van der Waals surface area contributed by atoms with Crippen LogP contribution in [0.15, 0.2) is 42.6 Å². The minimum atomic E-state index is -4.43. The number of hydrogen-bond donors (Lipinski definition) is 0. The van der Waals surface area contributed by atoms with Crippen LogP contribution in [-0.4, -0.2) is 31.1 Å². The lowest BCUT2D eigenvalue weighted by Gasteiger charge is -2.17. The molecule has 8 heteroatoms. The Kier molecular flexibility index (Phi) is 7.23. The van der Waals surface area contributed by atoms with Crippen molar-refractivity contribution in [3.05, 3.63) is 48.2 Å².